The van der Waals surface area contributed by atoms with Crippen LogP contribution in [0.2, 0.25) is 0 Å². The van der Waals surface area contributed by atoms with Crippen LogP contribution < -0.4 is 0 Å². The topological polar surface area (TPSA) is 99.1 Å². The van der Waals surface area contributed by atoms with Crippen LogP contribution in [-0.4, -0.2) is 80.6 Å². The number of carboxylic acid groups (broad SMARTS) is 1. The van der Waals surface area contributed by atoms with Gasteiger partial charge in [-0.2, -0.15) is 0 Å². The van der Waals surface area contributed by atoms with Gasteiger partial charge >= 0.3 is 17.9 Å². The molecule has 50 heavy (non-hydrogen) atoms. The second kappa shape index (κ2) is 32.5. The molecule has 0 aliphatic carbocycles. The number of aliphatic carboxylic acids is 1. The third kappa shape index (κ3) is 30.3. The van der Waals surface area contributed by atoms with Gasteiger partial charge in [0.15, 0.2) is 12.1 Å². The van der Waals surface area contributed by atoms with Crippen LogP contribution in [0.5, 0.6) is 0 Å². The lowest BCUT2D eigenvalue weighted by Crippen LogP contribution is -2.50. The molecule has 0 bridgehead atoms. The first-order valence-corrected chi connectivity index (χ1v) is 18.4. The molecule has 8 nitrogen and oxygen atoms in total. The highest BCUT2D eigenvalue weighted by molar-refractivity contribution is 5.72. The van der Waals surface area contributed by atoms with Crippen molar-refractivity contribution in [2.24, 2.45) is 0 Å². The predicted molar refractivity (Wildman–Crippen MR) is 206 cm³/mol. The molecular weight excluding hydrogens is 630 g/mol. The molecule has 2 atom stereocenters. The first-order valence-electron chi connectivity index (χ1n) is 18.4. The number of carboxylic acids is 1. The Labute approximate surface area is 303 Å². The molecule has 0 saturated carbocycles. The zero-order chi connectivity index (χ0) is 37.1. The van der Waals surface area contributed by atoms with Crippen molar-refractivity contribution in [1.29, 1.82) is 0 Å². The van der Waals surface area contributed by atoms with Gasteiger partial charge in [0.1, 0.15) is 6.61 Å². The Balaban J connectivity index is 4.62. The minimum Gasteiger partial charge on any atom is -0.477 e. The molecule has 0 heterocycles. The molecule has 280 valence electrons. The van der Waals surface area contributed by atoms with Crippen molar-refractivity contribution in [3.63, 3.8) is 0 Å². The summed E-state index contributed by atoms with van der Waals surface area (Å²) in [5, 5.41) is 9.57. The highest BCUT2D eigenvalue weighted by atomic mass is 16.6. The van der Waals surface area contributed by atoms with Crippen LogP contribution in [0, 0.1) is 0 Å². The lowest BCUT2D eigenvalue weighted by Gasteiger charge is -2.31. The summed E-state index contributed by atoms with van der Waals surface area (Å²) in [5.74, 6) is -1.59. The summed E-state index contributed by atoms with van der Waals surface area (Å²) in [7, 11) is 5.47. The van der Waals surface area contributed by atoms with Crippen molar-refractivity contribution >= 4 is 17.9 Å². The number of hydrogen-bond donors (Lipinski definition) is 1. The van der Waals surface area contributed by atoms with E-state index in [1.807, 2.05) is 94.1 Å². The Bertz CT molecular complexity index is 1140. The molecule has 1 N–H and O–H groups in total. The summed E-state index contributed by atoms with van der Waals surface area (Å²) < 4.78 is 17.1. The fourth-order valence-corrected chi connectivity index (χ4v) is 4.58. The van der Waals surface area contributed by atoms with E-state index >= 15 is 0 Å². The standard InChI is InChI=1S/C42H65NO7/c1-6-8-10-12-14-16-18-20-22-24-26-28-30-32-40(44)49-37-38(36-48-35-34-39(42(46)47)43(3,4)5)50-41(45)33-31-29-27-25-23-21-19-17-15-13-11-9-7-2/h8-23,38-39H,6-7,24-37H2,1-5H3/p+1/b10-8+,11-9+,14-12+,15-13+,18-16+,19-17+,22-20+,23-21+. The maximum absolute atomic E-state index is 12.6. The molecule has 0 radical (unpaired) electrons. The second-order valence-electron chi connectivity index (χ2n) is 12.9. The average molecular weight is 697 g/mol. The molecule has 0 aromatic rings. The van der Waals surface area contributed by atoms with Crippen molar-refractivity contribution in [3.8, 4) is 0 Å². The van der Waals surface area contributed by atoms with Crippen molar-refractivity contribution in [1.82, 2.24) is 0 Å². The fraction of sp³-hybridized carbons (Fsp3) is 0.548. The number of esters is 2. The van der Waals surface area contributed by atoms with Crippen LogP contribution in [0.1, 0.15) is 97.3 Å². The van der Waals surface area contributed by atoms with E-state index in [1.54, 1.807) is 0 Å². The van der Waals surface area contributed by atoms with Crippen LogP contribution in [0.15, 0.2) is 97.2 Å². The van der Waals surface area contributed by atoms with Crippen LogP contribution in [0.4, 0.5) is 0 Å². The highest BCUT2D eigenvalue weighted by Gasteiger charge is 2.31. The zero-order valence-corrected chi connectivity index (χ0v) is 31.5. The molecule has 8 heteroatoms. The first kappa shape index (κ1) is 46.2. The van der Waals surface area contributed by atoms with Crippen molar-refractivity contribution in [2.45, 2.75) is 109 Å². The number of nitrogens with zero attached hydrogens (tertiary/aromatic N) is 1. The number of unbranched alkanes of at least 4 members (excludes halogenated alkanes) is 6. The van der Waals surface area contributed by atoms with Gasteiger partial charge in [0.2, 0.25) is 0 Å². The van der Waals surface area contributed by atoms with E-state index in [-0.39, 0.29) is 42.7 Å². The highest BCUT2D eigenvalue weighted by Crippen LogP contribution is 2.11. The Kier molecular flexibility index (Phi) is 30.0. The van der Waals surface area contributed by atoms with Gasteiger partial charge in [0, 0.05) is 19.3 Å². The minimum absolute atomic E-state index is 0.0247. The zero-order valence-electron chi connectivity index (χ0n) is 31.5. The number of hydrogen-bond acceptors (Lipinski definition) is 6. The number of ether oxygens (including phenoxy) is 3. The molecule has 0 spiro atoms. The molecule has 2 unspecified atom stereocenters. The van der Waals surface area contributed by atoms with Crippen molar-refractivity contribution in [2.75, 3.05) is 41.0 Å². The summed E-state index contributed by atoms with van der Waals surface area (Å²) in [4.78, 5) is 36.7. The van der Waals surface area contributed by atoms with Gasteiger partial charge in [0.25, 0.3) is 0 Å². The number of carbonyl (C=O) groups is 3. The maximum Gasteiger partial charge on any atom is 0.362 e. The number of carbonyl (C=O) groups excluding carboxylic acids is 2. The van der Waals surface area contributed by atoms with E-state index in [0.29, 0.717) is 19.3 Å². The van der Waals surface area contributed by atoms with Crippen LogP contribution >= 0.6 is 0 Å². The third-order valence-corrected chi connectivity index (χ3v) is 7.42. The Morgan fingerprint density at radius 2 is 1.06 bits per heavy atom. The van der Waals surface area contributed by atoms with Gasteiger partial charge in [-0.3, -0.25) is 9.59 Å². The van der Waals surface area contributed by atoms with E-state index in [0.717, 1.165) is 57.8 Å². The van der Waals surface area contributed by atoms with Crippen molar-refractivity contribution < 1.29 is 38.2 Å². The monoisotopic (exact) mass is 696 g/mol. The van der Waals surface area contributed by atoms with Gasteiger partial charge in [0.05, 0.1) is 34.4 Å². The van der Waals surface area contributed by atoms with Crippen LogP contribution in [-0.2, 0) is 28.6 Å². The summed E-state index contributed by atoms with van der Waals surface area (Å²) >= 11 is 0. The second-order valence-corrected chi connectivity index (χ2v) is 12.9. The molecule has 0 rings (SSSR count). The molecular formula is C42H66NO7+. The normalized spacial score (nSPS) is 14.2. The minimum atomic E-state index is -0.895. The number of likely N-dealkylation sites (N-methyl/N-ethyl adjacent to an activating group) is 1. The summed E-state index contributed by atoms with van der Waals surface area (Å²) in [6, 6.07) is -0.633. The average Bonchev–Trinajstić information content (AvgIpc) is 3.06. The molecule has 0 fully saturated rings. The number of quaternary nitrogens is 1. The van der Waals surface area contributed by atoms with Gasteiger partial charge < -0.3 is 23.8 Å². The lowest BCUT2D eigenvalue weighted by atomic mass is 10.1. The van der Waals surface area contributed by atoms with Gasteiger partial charge in [-0.15, -0.1) is 0 Å². The van der Waals surface area contributed by atoms with E-state index in [9.17, 15) is 19.5 Å². The lowest BCUT2D eigenvalue weighted by molar-refractivity contribution is -0.887. The van der Waals surface area contributed by atoms with E-state index in [4.69, 9.17) is 14.2 Å². The predicted octanol–water partition coefficient (Wildman–Crippen LogP) is 9.18. The Morgan fingerprint density at radius 1 is 0.600 bits per heavy atom. The quantitative estimate of drug-likeness (QED) is 0.0346. The third-order valence-electron chi connectivity index (χ3n) is 7.42. The van der Waals surface area contributed by atoms with E-state index < -0.39 is 18.1 Å². The Morgan fingerprint density at radius 3 is 1.52 bits per heavy atom. The SMILES string of the molecule is CC/C=C/C=C/C=C/C=C/CCCCCC(=O)OCC(COCCC(C(=O)O)[N+](C)(C)C)OC(=O)CCCCC/C=C/C=C/C=C/C=C/CC. The number of rotatable bonds is 30. The van der Waals surface area contributed by atoms with E-state index in [2.05, 4.69) is 38.2 Å². The van der Waals surface area contributed by atoms with E-state index in [1.165, 1.54) is 0 Å². The smallest absolute Gasteiger partial charge is 0.362 e. The van der Waals surface area contributed by atoms with Gasteiger partial charge in [-0.25, -0.2) is 4.79 Å². The largest absolute Gasteiger partial charge is 0.477 e. The molecule has 0 aliphatic heterocycles. The first-order chi connectivity index (χ1) is 24.1. The maximum atomic E-state index is 12.6. The molecule has 0 aromatic carbocycles. The van der Waals surface area contributed by atoms with Gasteiger partial charge in [-0.05, 0) is 51.4 Å². The summed E-state index contributed by atoms with van der Waals surface area (Å²) in [6.45, 7) is 4.32. The van der Waals surface area contributed by atoms with Crippen molar-refractivity contribution in [3.05, 3.63) is 97.2 Å². The van der Waals surface area contributed by atoms with Crippen LogP contribution in [0.3, 0.4) is 0 Å². The summed E-state index contributed by atoms with van der Waals surface area (Å²) in [5.41, 5.74) is 0. The summed E-state index contributed by atoms with van der Waals surface area (Å²) in [6.07, 6.45) is 41.7. The molecule has 0 aliphatic rings. The van der Waals surface area contributed by atoms with Crippen LogP contribution in [0.25, 0.3) is 0 Å². The Hall–Kier alpha value is -3.75. The van der Waals surface area contributed by atoms with Gasteiger partial charge in [-0.1, -0.05) is 124 Å². The number of allylic oxidation sites excluding steroid dienone is 16. The molecule has 0 aromatic heterocycles. The molecule has 0 amide bonds. The molecule has 0 saturated heterocycles. The fourth-order valence-electron chi connectivity index (χ4n) is 4.58.